The summed E-state index contributed by atoms with van der Waals surface area (Å²) in [5.74, 6) is 0.262. The molecular formula is C25H34N10O5. The van der Waals surface area contributed by atoms with Gasteiger partial charge in [0.1, 0.15) is 30.5 Å². The van der Waals surface area contributed by atoms with Crippen LogP contribution in [0.5, 0.6) is 0 Å². The Morgan fingerprint density at radius 2 is 1.25 bits per heavy atom. The molecule has 0 aromatic carbocycles. The summed E-state index contributed by atoms with van der Waals surface area (Å²) in [6.45, 7) is -0.447. The summed E-state index contributed by atoms with van der Waals surface area (Å²) in [5, 5.41) is 44.7. The van der Waals surface area contributed by atoms with Crippen LogP contribution in [0.4, 0.5) is 11.6 Å². The molecule has 1 saturated carbocycles. The number of fused-ring (bicyclic) bond motifs is 2. The third-order valence-electron chi connectivity index (χ3n) is 8.40. The Balaban J connectivity index is 1.43. The van der Waals surface area contributed by atoms with Gasteiger partial charge in [0.2, 0.25) is 0 Å². The Kier molecular flexibility index (Phi) is 6.58. The maximum absolute atomic E-state index is 12.0. The lowest BCUT2D eigenvalue weighted by atomic mass is 9.79. The molecule has 1 saturated heterocycles. The SMILES string of the molecule is CN(C)c1ncnc2c1ncn2[C@@H]1[C@H](CO)CO[C@@]2(C[C@H](CO)[C@H](n3cnc4c(N(C)C)ncnc43)[C@H]2O)[C@H]1O. The lowest BCUT2D eigenvalue weighted by molar-refractivity contribution is -0.232. The van der Waals surface area contributed by atoms with Crippen molar-refractivity contribution in [1.29, 1.82) is 0 Å². The summed E-state index contributed by atoms with van der Waals surface area (Å²) in [5.41, 5.74) is 0.658. The predicted molar refractivity (Wildman–Crippen MR) is 144 cm³/mol. The lowest BCUT2D eigenvalue weighted by Crippen LogP contribution is -2.61. The van der Waals surface area contributed by atoms with Crippen molar-refractivity contribution in [2.24, 2.45) is 11.8 Å². The molecule has 1 spiro atoms. The van der Waals surface area contributed by atoms with Crippen molar-refractivity contribution in [2.45, 2.75) is 36.3 Å². The van der Waals surface area contributed by atoms with Gasteiger partial charge in [0.15, 0.2) is 34.0 Å². The number of nitrogens with zero attached hydrogens (tertiary/aromatic N) is 10. The van der Waals surface area contributed by atoms with Crippen molar-refractivity contribution < 1.29 is 25.2 Å². The van der Waals surface area contributed by atoms with E-state index in [0.717, 1.165) is 0 Å². The summed E-state index contributed by atoms with van der Waals surface area (Å²) >= 11 is 0. The summed E-state index contributed by atoms with van der Waals surface area (Å²) in [7, 11) is 7.41. The van der Waals surface area contributed by atoms with Gasteiger partial charge in [-0.3, -0.25) is 0 Å². The zero-order valence-electron chi connectivity index (χ0n) is 22.8. The van der Waals surface area contributed by atoms with E-state index in [2.05, 4.69) is 29.9 Å². The van der Waals surface area contributed by atoms with Crippen LogP contribution in [0.1, 0.15) is 18.5 Å². The Hall–Kier alpha value is -3.50. The normalized spacial score (nSPS) is 30.5. The molecule has 40 heavy (non-hydrogen) atoms. The van der Waals surface area contributed by atoms with Crippen LogP contribution in [0.2, 0.25) is 0 Å². The minimum Gasteiger partial charge on any atom is -0.396 e. The minimum atomic E-state index is -1.45. The first-order valence-corrected chi connectivity index (χ1v) is 13.1. The maximum Gasteiger partial charge on any atom is 0.165 e. The van der Waals surface area contributed by atoms with Gasteiger partial charge in [-0.15, -0.1) is 0 Å². The highest BCUT2D eigenvalue weighted by atomic mass is 16.5. The van der Waals surface area contributed by atoms with Crippen LogP contribution in [-0.4, -0.2) is 125 Å². The smallest absolute Gasteiger partial charge is 0.165 e. The van der Waals surface area contributed by atoms with Crippen LogP contribution >= 0.6 is 0 Å². The highest BCUT2D eigenvalue weighted by Gasteiger charge is 2.63. The quantitative estimate of drug-likeness (QED) is 0.228. The molecular weight excluding hydrogens is 520 g/mol. The van der Waals surface area contributed by atoms with Gasteiger partial charge in [0.05, 0.1) is 38.0 Å². The van der Waals surface area contributed by atoms with Gasteiger partial charge in [0.25, 0.3) is 0 Å². The largest absolute Gasteiger partial charge is 0.396 e. The van der Waals surface area contributed by atoms with Crippen molar-refractivity contribution in [3.8, 4) is 0 Å². The standard InChI is InChI=1S/C25H34N10O5/c1-32(2)21-15-23(28-9-26-21)34(11-30-15)17-13(6-36)5-25(19(17)38)20(39)18(14(7-37)8-40-25)35-12-31-16-22(33(3)4)27-10-29-24(16)35/h9-14,17-20,36-39H,5-8H2,1-4H3/t13-,14-,17+,18-,19-,20+,25-/m1/s1. The molecule has 0 unspecified atom stereocenters. The number of hydrogen-bond donors (Lipinski definition) is 4. The fourth-order valence-corrected chi connectivity index (χ4v) is 6.49. The summed E-state index contributed by atoms with van der Waals surface area (Å²) in [4.78, 5) is 30.2. The second kappa shape index (κ2) is 9.85. The molecule has 2 aliphatic rings. The van der Waals surface area contributed by atoms with Gasteiger partial charge in [-0.25, -0.2) is 29.9 Å². The van der Waals surface area contributed by atoms with Crippen LogP contribution < -0.4 is 9.80 Å². The second-order valence-electron chi connectivity index (χ2n) is 11.1. The topological polar surface area (TPSA) is 184 Å². The number of aromatic nitrogens is 8. The van der Waals surface area contributed by atoms with E-state index < -0.39 is 41.7 Å². The van der Waals surface area contributed by atoms with E-state index in [9.17, 15) is 20.4 Å². The monoisotopic (exact) mass is 554 g/mol. The zero-order valence-corrected chi connectivity index (χ0v) is 22.8. The van der Waals surface area contributed by atoms with E-state index in [1.807, 2.05) is 38.0 Å². The number of imidazole rings is 2. The van der Waals surface area contributed by atoms with Crippen LogP contribution in [-0.2, 0) is 4.74 Å². The second-order valence-corrected chi connectivity index (χ2v) is 11.1. The number of ether oxygens (including phenoxy) is 1. The van der Waals surface area contributed by atoms with Crippen molar-refractivity contribution in [2.75, 3.05) is 57.8 Å². The minimum absolute atomic E-state index is 0.0725. The first-order valence-electron chi connectivity index (χ1n) is 13.1. The molecule has 1 aliphatic heterocycles. The lowest BCUT2D eigenvalue weighted by Gasteiger charge is -2.48. The summed E-state index contributed by atoms with van der Waals surface area (Å²) in [6.07, 6.45) is 3.68. The molecule has 15 heteroatoms. The van der Waals surface area contributed by atoms with E-state index in [1.54, 1.807) is 21.8 Å². The Labute approximate surface area is 229 Å². The molecule has 4 aromatic heterocycles. The molecule has 5 heterocycles. The number of aliphatic hydroxyl groups is 4. The molecule has 2 fully saturated rings. The summed E-state index contributed by atoms with van der Waals surface area (Å²) < 4.78 is 9.74. The van der Waals surface area contributed by atoms with Crippen LogP contribution in [0.25, 0.3) is 22.3 Å². The molecule has 0 amide bonds. The number of aliphatic hydroxyl groups excluding tert-OH is 4. The first kappa shape index (κ1) is 26.7. The average Bonchev–Trinajstić information content (AvgIpc) is 3.64. The Bertz CT molecular complexity index is 1520. The molecule has 0 bridgehead atoms. The molecule has 214 valence electrons. The average molecular weight is 555 g/mol. The van der Waals surface area contributed by atoms with E-state index >= 15 is 0 Å². The number of hydrogen-bond acceptors (Lipinski definition) is 13. The summed E-state index contributed by atoms with van der Waals surface area (Å²) in [6, 6.07) is -1.41. The molecule has 15 nitrogen and oxygen atoms in total. The zero-order chi connectivity index (χ0) is 28.3. The molecule has 7 atom stereocenters. The van der Waals surface area contributed by atoms with Crippen molar-refractivity contribution in [3.63, 3.8) is 0 Å². The first-order chi connectivity index (χ1) is 19.2. The Morgan fingerprint density at radius 3 is 1.70 bits per heavy atom. The molecule has 4 N–H and O–H groups in total. The van der Waals surface area contributed by atoms with E-state index in [1.165, 1.54) is 12.7 Å². The van der Waals surface area contributed by atoms with Gasteiger partial charge < -0.3 is 44.1 Å². The van der Waals surface area contributed by atoms with E-state index in [-0.39, 0.29) is 26.2 Å². The van der Waals surface area contributed by atoms with Gasteiger partial charge >= 0.3 is 0 Å². The fraction of sp³-hybridized carbons (Fsp3) is 0.600. The van der Waals surface area contributed by atoms with Crippen LogP contribution in [0, 0.1) is 11.8 Å². The predicted octanol–water partition coefficient (Wildman–Crippen LogP) is -1.01. The third kappa shape index (κ3) is 3.76. The number of anilines is 2. The van der Waals surface area contributed by atoms with Crippen molar-refractivity contribution in [1.82, 2.24) is 39.0 Å². The molecule has 6 rings (SSSR count). The van der Waals surface area contributed by atoms with Crippen LogP contribution in [0.3, 0.4) is 0 Å². The maximum atomic E-state index is 12.0. The molecule has 0 radical (unpaired) electrons. The molecule has 4 aromatic rings. The van der Waals surface area contributed by atoms with Gasteiger partial charge in [-0.2, -0.15) is 0 Å². The molecule has 1 aliphatic carbocycles. The third-order valence-corrected chi connectivity index (χ3v) is 8.40. The van der Waals surface area contributed by atoms with Crippen LogP contribution in [0.15, 0.2) is 25.3 Å². The highest BCUT2D eigenvalue weighted by Crippen LogP contribution is 2.52. The van der Waals surface area contributed by atoms with Gasteiger partial charge in [-0.1, -0.05) is 0 Å². The van der Waals surface area contributed by atoms with Gasteiger partial charge in [0, 0.05) is 46.6 Å². The Morgan fingerprint density at radius 1 is 0.775 bits per heavy atom. The van der Waals surface area contributed by atoms with E-state index in [0.29, 0.717) is 34.0 Å². The van der Waals surface area contributed by atoms with E-state index in [4.69, 9.17) is 4.74 Å². The van der Waals surface area contributed by atoms with Gasteiger partial charge in [-0.05, 0) is 6.42 Å². The highest BCUT2D eigenvalue weighted by molar-refractivity contribution is 5.84. The van der Waals surface area contributed by atoms with Crippen molar-refractivity contribution >= 4 is 34.0 Å². The number of rotatable bonds is 6. The van der Waals surface area contributed by atoms with Crippen molar-refractivity contribution in [3.05, 3.63) is 25.3 Å². The fourth-order valence-electron chi connectivity index (χ4n) is 6.49.